The van der Waals surface area contributed by atoms with Crippen molar-refractivity contribution in [3.63, 3.8) is 0 Å². The molecule has 0 amide bonds. The van der Waals surface area contributed by atoms with Crippen molar-refractivity contribution in [3.8, 4) is 0 Å². The molecule has 0 aromatic carbocycles. The number of rotatable bonds is 7. The van der Waals surface area contributed by atoms with Gasteiger partial charge in [0.2, 0.25) is 0 Å². The molecule has 16 heavy (non-hydrogen) atoms. The summed E-state index contributed by atoms with van der Waals surface area (Å²) in [4.78, 5) is 0. The quantitative estimate of drug-likeness (QED) is 0.584. The van der Waals surface area contributed by atoms with Gasteiger partial charge in [0.05, 0.1) is 6.26 Å². The van der Waals surface area contributed by atoms with Crippen LogP contribution in [-0.2, 0) is 0 Å². The van der Waals surface area contributed by atoms with E-state index in [1.807, 2.05) is 6.07 Å². The zero-order valence-corrected chi connectivity index (χ0v) is 11.8. The summed E-state index contributed by atoms with van der Waals surface area (Å²) in [6.07, 6.45) is 8.82. The number of furan rings is 1. The molecule has 1 heterocycles. The highest BCUT2D eigenvalue weighted by molar-refractivity contribution is 14.1. The summed E-state index contributed by atoms with van der Waals surface area (Å²) >= 11 is 2.29. The maximum absolute atomic E-state index is 9.84. The summed E-state index contributed by atoms with van der Waals surface area (Å²) in [7, 11) is 0. The van der Waals surface area contributed by atoms with Crippen LogP contribution in [0.15, 0.2) is 32.5 Å². The van der Waals surface area contributed by atoms with Crippen LogP contribution < -0.4 is 0 Å². The van der Waals surface area contributed by atoms with Crippen LogP contribution in [0.2, 0.25) is 0 Å². The normalized spacial score (nSPS) is 14.1. The Morgan fingerprint density at radius 2 is 2.38 bits per heavy atom. The molecule has 1 rings (SSSR count). The Hall–Kier alpha value is -0.290. The van der Waals surface area contributed by atoms with E-state index in [4.69, 9.17) is 4.42 Å². The molecule has 1 N–H and O–H groups in total. The van der Waals surface area contributed by atoms with Crippen molar-refractivity contribution < 1.29 is 9.52 Å². The highest BCUT2D eigenvalue weighted by Crippen LogP contribution is 2.25. The fourth-order valence-corrected chi connectivity index (χ4v) is 2.23. The van der Waals surface area contributed by atoms with Crippen LogP contribution in [0.3, 0.4) is 0 Å². The smallest absolute Gasteiger partial charge is 0.132 e. The molecular formula is C13H19IO2. The summed E-state index contributed by atoms with van der Waals surface area (Å²) in [6.45, 7) is 2.20. The van der Waals surface area contributed by atoms with Crippen LogP contribution in [0.1, 0.15) is 50.9 Å². The van der Waals surface area contributed by atoms with Crippen molar-refractivity contribution in [1.82, 2.24) is 0 Å². The number of unbranched alkanes of at least 4 members (excludes halogenated alkanes) is 3. The Morgan fingerprint density at radius 1 is 1.56 bits per heavy atom. The lowest BCUT2D eigenvalue weighted by Crippen LogP contribution is -1.94. The van der Waals surface area contributed by atoms with Crippen molar-refractivity contribution in [2.75, 3.05) is 0 Å². The van der Waals surface area contributed by atoms with Crippen molar-refractivity contribution in [2.45, 2.75) is 45.1 Å². The monoisotopic (exact) mass is 334 g/mol. The SMILES string of the molecule is CCCCC/C=C(\I)CC(O)c1ccco1. The Kier molecular flexibility index (Phi) is 6.80. The Labute approximate surface area is 111 Å². The number of halogens is 1. The lowest BCUT2D eigenvalue weighted by atomic mass is 10.1. The van der Waals surface area contributed by atoms with Gasteiger partial charge in [0.25, 0.3) is 0 Å². The molecule has 0 saturated heterocycles. The van der Waals surface area contributed by atoms with Crippen LogP contribution >= 0.6 is 22.6 Å². The van der Waals surface area contributed by atoms with E-state index < -0.39 is 6.10 Å². The average Bonchev–Trinajstić information content (AvgIpc) is 2.77. The van der Waals surface area contributed by atoms with Crippen molar-refractivity contribution in [1.29, 1.82) is 0 Å². The molecule has 1 aromatic rings. The van der Waals surface area contributed by atoms with Crippen molar-refractivity contribution in [2.24, 2.45) is 0 Å². The fourth-order valence-electron chi connectivity index (χ4n) is 1.50. The van der Waals surface area contributed by atoms with E-state index in [2.05, 4.69) is 35.6 Å². The third-order valence-corrected chi connectivity index (χ3v) is 3.31. The van der Waals surface area contributed by atoms with Gasteiger partial charge in [0, 0.05) is 6.42 Å². The minimum absolute atomic E-state index is 0.510. The first-order chi connectivity index (χ1) is 7.74. The van der Waals surface area contributed by atoms with Gasteiger partial charge in [0.1, 0.15) is 11.9 Å². The van der Waals surface area contributed by atoms with Crippen LogP contribution in [0.5, 0.6) is 0 Å². The third kappa shape index (κ3) is 5.16. The fraction of sp³-hybridized carbons (Fsp3) is 0.538. The van der Waals surface area contributed by atoms with E-state index in [-0.39, 0.29) is 0 Å². The molecule has 0 aliphatic carbocycles. The largest absolute Gasteiger partial charge is 0.467 e. The first-order valence-corrected chi connectivity index (χ1v) is 6.88. The number of hydrogen-bond acceptors (Lipinski definition) is 2. The first kappa shape index (κ1) is 13.8. The second-order valence-electron chi connectivity index (χ2n) is 3.88. The summed E-state index contributed by atoms with van der Waals surface area (Å²) in [6, 6.07) is 3.61. The van der Waals surface area contributed by atoms with Crippen molar-refractivity contribution in [3.05, 3.63) is 33.8 Å². The lowest BCUT2D eigenvalue weighted by Gasteiger charge is -2.06. The molecule has 0 aliphatic heterocycles. The van der Waals surface area contributed by atoms with Crippen LogP contribution in [0, 0.1) is 0 Å². The minimum Gasteiger partial charge on any atom is -0.467 e. The summed E-state index contributed by atoms with van der Waals surface area (Å²) in [5.74, 6) is 0.649. The lowest BCUT2D eigenvalue weighted by molar-refractivity contribution is 0.152. The van der Waals surface area contributed by atoms with E-state index in [1.165, 1.54) is 22.8 Å². The predicted octanol–water partition coefficient (Wildman–Crippen LogP) is 4.60. The molecule has 0 radical (unpaired) electrons. The zero-order chi connectivity index (χ0) is 11.8. The van der Waals surface area contributed by atoms with Gasteiger partial charge >= 0.3 is 0 Å². The topological polar surface area (TPSA) is 33.4 Å². The molecule has 90 valence electrons. The van der Waals surface area contributed by atoms with Gasteiger partial charge in [-0.25, -0.2) is 0 Å². The summed E-state index contributed by atoms with van der Waals surface area (Å²) < 4.78 is 6.36. The van der Waals surface area contributed by atoms with Crippen LogP contribution in [0.4, 0.5) is 0 Å². The van der Waals surface area contributed by atoms with Gasteiger partial charge in [-0.1, -0.05) is 25.8 Å². The zero-order valence-electron chi connectivity index (χ0n) is 9.66. The molecule has 0 aliphatic rings. The Bertz CT molecular complexity index is 304. The Balaban J connectivity index is 2.30. The second-order valence-corrected chi connectivity index (χ2v) is 5.27. The second kappa shape index (κ2) is 7.90. The molecule has 3 heteroatoms. The predicted molar refractivity (Wildman–Crippen MR) is 74.5 cm³/mol. The Morgan fingerprint density at radius 3 is 3.00 bits per heavy atom. The number of allylic oxidation sites excluding steroid dienone is 1. The van der Waals surface area contributed by atoms with Crippen molar-refractivity contribution >= 4 is 22.6 Å². The molecule has 0 spiro atoms. The molecule has 0 bridgehead atoms. The molecule has 0 saturated carbocycles. The number of aliphatic hydroxyl groups is 1. The highest BCUT2D eigenvalue weighted by atomic mass is 127. The van der Waals surface area contributed by atoms with Crippen LogP contribution in [0.25, 0.3) is 0 Å². The van der Waals surface area contributed by atoms with E-state index in [1.54, 1.807) is 12.3 Å². The molecule has 0 fully saturated rings. The summed E-state index contributed by atoms with van der Waals surface area (Å²) in [5.41, 5.74) is 0. The van der Waals surface area contributed by atoms with E-state index in [9.17, 15) is 5.11 Å². The summed E-state index contributed by atoms with van der Waals surface area (Å²) in [5, 5.41) is 9.84. The van der Waals surface area contributed by atoms with Gasteiger partial charge in [0.15, 0.2) is 0 Å². The molecule has 1 unspecified atom stereocenters. The number of hydrogen-bond donors (Lipinski definition) is 1. The van der Waals surface area contributed by atoms with Gasteiger partial charge in [-0.15, -0.1) is 0 Å². The van der Waals surface area contributed by atoms with Gasteiger partial charge in [-0.3, -0.25) is 0 Å². The molecule has 1 aromatic heterocycles. The van der Waals surface area contributed by atoms with E-state index >= 15 is 0 Å². The molecule has 1 atom stereocenters. The first-order valence-electron chi connectivity index (χ1n) is 5.80. The van der Waals surface area contributed by atoms with Gasteiger partial charge < -0.3 is 9.52 Å². The van der Waals surface area contributed by atoms with Gasteiger partial charge in [-0.05, 0) is 51.1 Å². The van der Waals surface area contributed by atoms with Gasteiger partial charge in [-0.2, -0.15) is 0 Å². The maximum atomic E-state index is 9.84. The highest BCUT2D eigenvalue weighted by Gasteiger charge is 2.10. The maximum Gasteiger partial charge on any atom is 0.132 e. The minimum atomic E-state index is -0.510. The molecule has 2 nitrogen and oxygen atoms in total. The average molecular weight is 334 g/mol. The number of aliphatic hydroxyl groups excluding tert-OH is 1. The van der Waals surface area contributed by atoms with E-state index in [0.29, 0.717) is 12.2 Å². The van der Waals surface area contributed by atoms with E-state index in [0.717, 1.165) is 6.42 Å². The third-order valence-electron chi connectivity index (χ3n) is 2.43. The van der Waals surface area contributed by atoms with Crippen LogP contribution in [-0.4, -0.2) is 5.11 Å². The molecular weight excluding hydrogens is 315 g/mol. The standard InChI is InChI=1S/C13H19IO2/c1-2-3-4-5-7-11(14)10-12(15)13-8-6-9-16-13/h6-9,12,15H,2-5,10H2,1H3/b11-7-.